The van der Waals surface area contributed by atoms with Crippen LogP contribution in [-0.2, 0) is 6.18 Å². The molecule has 106 valence electrons. The summed E-state index contributed by atoms with van der Waals surface area (Å²) in [5.41, 5.74) is 0.413. The number of nitrogens with one attached hydrogen (secondary N) is 1. The van der Waals surface area contributed by atoms with Gasteiger partial charge in [0.1, 0.15) is 5.69 Å². The Morgan fingerprint density at radius 1 is 0.952 bits per heavy atom. The fourth-order valence-electron chi connectivity index (χ4n) is 1.82. The van der Waals surface area contributed by atoms with Crippen molar-refractivity contribution in [2.45, 2.75) is 6.18 Å². The average molecular weight is 290 g/mol. The molecular weight excluding hydrogens is 281 g/mol. The van der Waals surface area contributed by atoms with Crippen molar-refractivity contribution in [2.24, 2.45) is 0 Å². The molecule has 0 fully saturated rings. The van der Waals surface area contributed by atoms with Gasteiger partial charge in [-0.15, -0.1) is 0 Å². The van der Waals surface area contributed by atoms with Crippen LogP contribution in [0.4, 0.5) is 13.2 Å². The maximum Gasteiger partial charge on any atom is 0.416 e. The van der Waals surface area contributed by atoms with E-state index in [-0.39, 0.29) is 0 Å². The van der Waals surface area contributed by atoms with E-state index in [1.54, 1.807) is 18.3 Å². The molecule has 0 amide bonds. The molecule has 21 heavy (non-hydrogen) atoms. The van der Waals surface area contributed by atoms with Crippen molar-refractivity contribution in [3.05, 3.63) is 54.2 Å². The van der Waals surface area contributed by atoms with E-state index in [4.69, 9.17) is 0 Å². The number of nitrogens with zero attached hydrogens (tertiary/aromatic N) is 3. The minimum absolute atomic E-state index is 0.323. The zero-order chi connectivity index (χ0) is 14.9. The summed E-state index contributed by atoms with van der Waals surface area (Å²) in [6.45, 7) is 0. The van der Waals surface area contributed by atoms with Crippen LogP contribution >= 0.6 is 0 Å². The fourth-order valence-corrected chi connectivity index (χ4v) is 1.82. The van der Waals surface area contributed by atoms with Gasteiger partial charge in [-0.1, -0.05) is 18.2 Å². The average Bonchev–Trinajstić information content (AvgIpc) is 2.97. The van der Waals surface area contributed by atoms with E-state index < -0.39 is 11.7 Å². The van der Waals surface area contributed by atoms with Gasteiger partial charge in [-0.05, 0) is 24.3 Å². The van der Waals surface area contributed by atoms with Gasteiger partial charge in [-0.25, -0.2) is 4.98 Å². The van der Waals surface area contributed by atoms with Gasteiger partial charge in [0, 0.05) is 11.8 Å². The van der Waals surface area contributed by atoms with E-state index >= 15 is 0 Å². The molecule has 1 aromatic carbocycles. The Balaban J connectivity index is 1.90. The van der Waals surface area contributed by atoms with Gasteiger partial charge in [0.15, 0.2) is 11.6 Å². The maximum atomic E-state index is 12.5. The molecule has 3 rings (SSSR count). The van der Waals surface area contributed by atoms with E-state index in [0.29, 0.717) is 22.9 Å². The van der Waals surface area contributed by atoms with Gasteiger partial charge in [-0.2, -0.15) is 18.3 Å². The summed E-state index contributed by atoms with van der Waals surface area (Å²) < 4.78 is 37.5. The van der Waals surface area contributed by atoms with Crippen molar-refractivity contribution < 1.29 is 13.2 Å². The molecule has 0 bridgehead atoms. The van der Waals surface area contributed by atoms with Gasteiger partial charge in [-0.3, -0.25) is 10.1 Å². The first-order chi connectivity index (χ1) is 10.0. The largest absolute Gasteiger partial charge is 0.416 e. The first-order valence-corrected chi connectivity index (χ1v) is 6.05. The first-order valence-electron chi connectivity index (χ1n) is 6.05. The topological polar surface area (TPSA) is 54.5 Å². The summed E-state index contributed by atoms with van der Waals surface area (Å²) in [4.78, 5) is 8.35. The SMILES string of the molecule is FC(F)(F)c1ccc(-c2n[nH]c(-c3ccccn3)n2)cc1. The highest BCUT2D eigenvalue weighted by molar-refractivity contribution is 5.59. The van der Waals surface area contributed by atoms with Crippen molar-refractivity contribution in [1.82, 2.24) is 20.2 Å². The number of alkyl halides is 3. The van der Waals surface area contributed by atoms with Gasteiger partial charge in [0.05, 0.1) is 5.56 Å². The lowest BCUT2D eigenvalue weighted by Gasteiger charge is -2.05. The molecule has 3 aromatic rings. The van der Waals surface area contributed by atoms with Crippen LogP contribution in [0.3, 0.4) is 0 Å². The van der Waals surface area contributed by atoms with E-state index in [1.807, 2.05) is 6.07 Å². The van der Waals surface area contributed by atoms with Crippen molar-refractivity contribution in [3.8, 4) is 22.9 Å². The number of halogens is 3. The van der Waals surface area contributed by atoms with Crippen molar-refractivity contribution in [2.75, 3.05) is 0 Å². The molecule has 0 aliphatic carbocycles. The Morgan fingerprint density at radius 2 is 1.71 bits per heavy atom. The lowest BCUT2D eigenvalue weighted by molar-refractivity contribution is -0.137. The molecule has 0 atom stereocenters. The summed E-state index contributed by atoms with van der Waals surface area (Å²) in [5.74, 6) is 0.787. The van der Waals surface area contributed by atoms with Crippen molar-refractivity contribution in [3.63, 3.8) is 0 Å². The Hall–Kier alpha value is -2.70. The highest BCUT2D eigenvalue weighted by atomic mass is 19.4. The number of aromatic nitrogens is 4. The summed E-state index contributed by atoms with van der Waals surface area (Å²) >= 11 is 0. The molecule has 0 aliphatic heterocycles. The predicted octanol–water partition coefficient (Wildman–Crippen LogP) is 3.55. The van der Waals surface area contributed by atoms with Gasteiger partial charge < -0.3 is 0 Å². The molecule has 1 N–H and O–H groups in total. The zero-order valence-corrected chi connectivity index (χ0v) is 10.6. The third-order valence-electron chi connectivity index (χ3n) is 2.86. The maximum absolute atomic E-state index is 12.5. The molecule has 4 nitrogen and oxygen atoms in total. The molecule has 2 heterocycles. The lowest BCUT2D eigenvalue weighted by Crippen LogP contribution is -2.04. The number of benzene rings is 1. The highest BCUT2D eigenvalue weighted by Gasteiger charge is 2.30. The van der Waals surface area contributed by atoms with Crippen LogP contribution in [0.15, 0.2) is 48.7 Å². The molecule has 0 radical (unpaired) electrons. The number of pyridine rings is 1. The Kier molecular flexibility index (Phi) is 3.17. The minimum Gasteiger partial charge on any atom is -0.257 e. The Bertz CT molecular complexity index is 733. The third-order valence-corrected chi connectivity index (χ3v) is 2.86. The van der Waals surface area contributed by atoms with E-state index in [2.05, 4.69) is 20.2 Å². The number of hydrogen-bond donors (Lipinski definition) is 1. The van der Waals surface area contributed by atoms with Crippen LogP contribution in [0.25, 0.3) is 22.9 Å². The Morgan fingerprint density at radius 3 is 2.33 bits per heavy atom. The molecule has 0 saturated carbocycles. The molecule has 0 unspecified atom stereocenters. The molecule has 0 saturated heterocycles. The molecule has 2 aromatic heterocycles. The molecular formula is C14H9F3N4. The second kappa shape index (κ2) is 5.01. The molecule has 0 aliphatic rings. The number of rotatable bonds is 2. The van der Waals surface area contributed by atoms with Crippen molar-refractivity contribution >= 4 is 0 Å². The van der Waals surface area contributed by atoms with Crippen LogP contribution in [0.2, 0.25) is 0 Å². The predicted molar refractivity (Wildman–Crippen MR) is 70.1 cm³/mol. The lowest BCUT2D eigenvalue weighted by atomic mass is 10.1. The Labute approximate surface area is 117 Å². The van der Waals surface area contributed by atoms with Gasteiger partial charge in [0.25, 0.3) is 0 Å². The standard InChI is InChI=1S/C14H9F3N4/c15-14(16,17)10-6-4-9(5-7-10)12-19-13(21-20-12)11-3-1-2-8-18-11/h1-8H,(H,19,20,21). The van der Waals surface area contributed by atoms with Gasteiger partial charge in [0.2, 0.25) is 0 Å². The smallest absolute Gasteiger partial charge is 0.257 e. The minimum atomic E-state index is -4.35. The first kappa shape index (κ1) is 13.3. The van der Waals surface area contributed by atoms with Crippen LogP contribution in [0.5, 0.6) is 0 Å². The van der Waals surface area contributed by atoms with Crippen LogP contribution < -0.4 is 0 Å². The normalized spacial score (nSPS) is 11.6. The van der Waals surface area contributed by atoms with E-state index in [1.165, 1.54) is 12.1 Å². The van der Waals surface area contributed by atoms with Crippen molar-refractivity contribution in [1.29, 1.82) is 0 Å². The quantitative estimate of drug-likeness (QED) is 0.785. The molecule has 7 heteroatoms. The number of H-pyrrole nitrogens is 1. The number of aromatic amines is 1. The summed E-state index contributed by atoms with van der Waals surface area (Å²) in [7, 11) is 0. The third kappa shape index (κ3) is 2.76. The molecule has 0 spiro atoms. The summed E-state index contributed by atoms with van der Waals surface area (Å²) in [6.07, 6.45) is -2.73. The monoisotopic (exact) mass is 290 g/mol. The van der Waals surface area contributed by atoms with Gasteiger partial charge >= 0.3 is 6.18 Å². The highest BCUT2D eigenvalue weighted by Crippen LogP contribution is 2.30. The van der Waals surface area contributed by atoms with Crippen LogP contribution in [0, 0.1) is 0 Å². The number of hydrogen-bond acceptors (Lipinski definition) is 3. The fraction of sp³-hybridized carbons (Fsp3) is 0.0714. The van der Waals surface area contributed by atoms with Crippen LogP contribution in [0.1, 0.15) is 5.56 Å². The second-order valence-corrected chi connectivity index (χ2v) is 4.30. The van der Waals surface area contributed by atoms with E-state index in [9.17, 15) is 13.2 Å². The zero-order valence-electron chi connectivity index (χ0n) is 10.6. The summed E-state index contributed by atoms with van der Waals surface area (Å²) in [6, 6.07) is 10.0. The summed E-state index contributed by atoms with van der Waals surface area (Å²) in [5, 5.41) is 6.72. The second-order valence-electron chi connectivity index (χ2n) is 4.30. The van der Waals surface area contributed by atoms with Crippen LogP contribution in [-0.4, -0.2) is 20.2 Å². The van der Waals surface area contributed by atoms with E-state index in [0.717, 1.165) is 12.1 Å².